The Labute approximate surface area is 61.2 Å². The topological polar surface area (TPSA) is 26.0 Å². The highest BCUT2D eigenvalue weighted by Crippen LogP contribution is 2.09. The average molecular weight is 139 g/mol. The molecule has 1 heterocycles. The van der Waals surface area contributed by atoms with Gasteiger partial charge in [-0.25, -0.2) is 0 Å². The van der Waals surface area contributed by atoms with E-state index < -0.39 is 0 Å². The highest BCUT2D eigenvalue weighted by Gasteiger charge is 2.02. The Morgan fingerprint density at radius 2 is 2.50 bits per heavy atom. The molecule has 1 unspecified atom stereocenters. The van der Waals surface area contributed by atoms with Gasteiger partial charge in [0.1, 0.15) is 5.76 Å². The molecule has 0 aromatic carbocycles. The molecule has 0 aliphatic carbocycles. The van der Waals surface area contributed by atoms with E-state index in [9.17, 15) is 0 Å². The van der Waals surface area contributed by atoms with Crippen molar-refractivity contribution >= 4 is 0 Å². The molecule has 56 valence electrons. The van der Waals surface area contributed by atoms with Gasteiger partial charge in [0, 0.05) is 12.5 Å². The van der Waals surface area contributed by atoms with Crippen LogP contribution in [0.1, 0.15) is 26.0 Å². The summed E-state index contributed by atoms with van der Waals surface area (Å²) in [5, 5.41) is 3.63. The standard InChI is InChI=1S/C8H13NO/c1-3-7(2)6-8-4-5-9-10-8/h4-5,7H,3,6H2,1-2H3. The normalized spacial score (nSPS) is 13.4. The molecule has 0 aliphatic heterocycles. The number of hydrogen-bond donors (Lipinski definition) is 0. The van der Waals surface area contributed by atoms with Crippen LogP contribution < -0.4 is 0 Å². The molecule has 0 spiro atoms. The lowest BCUT2D eigenvalue weighted by molar-refractivity contribution is 0.361. The van der Waals surface area contributed by atoms with E-state index in [1.165, 1.54) is 6.42 Å². The Hall–Kier alpha value is -0.790. The Morgan fingerprint density at radius 3 is 3.00 bits per heavy atom. The molecular weight excluding hydrogens is 126 g/mol. The number of hydrogen-bond acceptors (Lipinski definition) is 2. The second-order valence-corrected chi connectivity index (χ2v) is 2.70. The van der Waals surface area contributed by atoms with E-state index in [0.29, 0.717) is 5.92 Å². The van der Waals surface area contributed by atoms with Gasteiger partial charge in [-0.3, -0.25) is 0 Å². The predicted molar refractivity (Wildman–Crippen MR) is 39.7 cm³/mol. The first-order chi connectivity index (χ1) is 4.83. The van der Waals surface area contributed by atoms with Gasteiger partial charge in [0.05, 0.1) is 6.20 Å². The lowest BCUT2D eigenvalue weighted by Gasteiger charge is -2.02. The zero-order valence-corrected chi connectivity index (χ0v) is 6.50. The molecule has 0 fully saturated rings. The minimum atomic E-state index is 0.702. The molecule has 1 rings (SSSR count). The third-order valence-corrected chi connectivity index (χ3v) is 1.74. The smallest absolute Gasteiger partial charge is 0.136 e. The fourth-order valence-electron chi connectivity index (χ4n) is 0.835. The maximum Gasteiger partial charge on any atom is 0.136 e. The van der Waals surface area contributed by atoms with Crippen LogP contribution >= 0.6 is 0 Å². The first-order valence-electron chi connectivity index (χ1n) is 3.72. The van der Waals surface area contributed by atoms with E-state index in [-0.39, 0.29) is 0 Å². The van der Waals surface area contributed by atoms with Crippen LogP contribution in [0.5, 0.6) is 0 Å². The van der Waals surface area contributed by atoms with Crippen LogP contribution in [0, 0.1) is 5.92 Å². The second-order valence-electron chi connectivity index (χ2n) is 2.70. The lowest BCUT2D eigenvalue weighted by atomic mass is 10.0. The largest absolute Gasteiger partial charge is 0.361 e. The summed E-state index contributed by atoms with van der Waals surface area (Å²) in [7, 11) is 0. The first-order valence-corrected chi connectivity index (χ1v) is 3.72. The maximum atomic E-state index is 4.96. The Kier molecular flexibility index (Phi) is 2.49. The summed E-state index contributed by atoms with van der Waals surface area (Å²) in [6, 6.07) is 1.92. The molecule has 0 aliphatic rings. The summed E-state index contributed by atoms with van der Waals surface area (Å²) < 4.78 is 4.96. The molecule has 1 aromatic heterocycles. The number of rotatable bonds is 3. The number of nitrogens with zero attached hydrogens (tertiary/aromatic N) is 1. The van der Waals surface area contributed by atoms with E-state index in [2.05, 4.69) is 19.0 Å². The van der Waals surface area contributed by atoms with E-state index in [4.69, 9.17) is 4.52 Å². The highest BCUT2D eigenvalue weighted by molar-refractivity contribution is 4.93. The summed E-state index contributed by atoms with van der Waals surface area (Å²) >= 11 is 0. The SMILES string of the molecule is CCC(C)Cc1ccno1. The quantitative estimate of drug-likeness (QED) is 0.642. The molecule has 0 N–H and O–H groups in total. The zero-order chi connectivity index (χ0) is 7.40. The third-order valence-electron chi connectivity index (χ3n) is 1.74. The summed E-state index contributed by atoms with van der Waals surface area (Å²) in [5.41, 5.74) is 0. The van der Waals surface area contributed by atoms with Crippen molar-refractivity contribution in [2.75, 3.05) is 0 Å². The first kappa shape index (κ1) is 7.32. The monoisotopic (exact) mass is 139 g/mol. The summed E-state index contributed by atoms with van der Waals surface area (Å²) in [4.78, 5) is 0. The molecule has 10 heavy (non-hydrogen) atoms. The van der Waals surface area contributed by atoms with Crippen molar-refractivity contribution in [3.63, 3.8) is 0 Å². The molecule has 1 atom stereocenters. The molecule has 2 nitrogen and oxygen atoms in total. The molecule has 0 radical (unpaired) electrons. The average Bonchev–Trinajstić information content (AvgIpc) is 2.40. The zero-order valence-electron chi connectivity index (χ0n) is 6.50. The molecule has 0 saturated carbocycles. The lowest BCUT2D eigenvalue weighted by Crippen LogP contribution is -1.95. The summed E-state index contributed by atoms with van der Waals surface area (Å²) in [6.07, 6.45) is 3.90. The van der Waals surface area contributed by atoms with Gasteiger partial charge in [0.25, 0.3) is 0 Å². The molecular formula is C8H13NO. The van der Waals surface area contributed by atoms with Crippen molar-refractivity contribution in [2.45, 2.75) is 26.7 Å². The van der Waals surface area contributed by atoms with Crippen molar-refractivity contribution in [1.82, 2.24) is 5.16 Å². The van der Waals surface area contributed by atoms with Gasteiger partial charge < -0.3 is 4.52 Å². The van der Waals surface area contributed by atoms with Crippen molar-refractivity contribution in [1.29, 1.82) is 0 Å². The second kappa shape index (κ2) is 3.40. The minimum Gasteiger partial charge on any atom is -0.361 e. The Morgan fingerprint density at radius 1 is 1.70 bits per heavy atom. The van der Waals surface area contributed by atoms with E-state index >= 15 is 0 Å². The van der Waals surface area contributed by atoms with Crippen LogP contribution in [0.4, 0.5) is 0 Å². The summed E-state index contributed by atoms with van der Waals surface area (Å²) in [5.74, 6) is 1.70. The van der Waals surface area contributed by atoms with E-state index in [1.807, 2.05) is 6.07 Å². The fourth-order valence-corrected chi connectivity index (χ4v) is 0.835. The van der Waals surface area contributed by atoms with Crippen LogP contribution in [0.15, 0.2) is 16.8 Å². The van der Waals surface area contributed by atoms with Gasteiger partial charge in [-0.2, -0.15) is 0 Å². The van der Waals surface area contributed by atoms with Crippen LogP contribution in [0.25, 0.3) is 0 Å². The maximum absolute atomic E-state index is 4.96. The molecule has 1 aromatic rings. The molecule has 0 amide bonds. The van der Waals surface area contributed by atoms with Gasteiger partial charge in [0.15, 0.2) is 0 Å². The van der Waals surface area contributed by atoms with Crippen LogP contribution in [0.2, 0.25) is 0 Å². The van der Waals surface area contributed by atoms with Crippen molar-refractivity contribution in [2.24, 2.45) is 5.92 Å². The highest BCUT2D eigenvalue weighted by atomic mass is 16.5. The predicted octanol–water partition coefficient (Wildman–Crippen LogP) is 2.26. The van der Waals surface area contributed by atoms with Gasteiger partial charge in [-0.1, -0.05) is 25.4 Å². The van der Waals surface area contributed by atoms with Crippen LogP contribution in [0.3, 0.4) is 0 Å². The third kappa shape index (κ3) is 1.87. The van der Waals surface area contributed by atoms with Gasteiger partial charge in [-0.15, -0.1) is 0 Å². The fraction of sp³-hybridized carbons (Fsp3) is 0.625. The minimum absolute atomic E-state index is 0.702. The van der Waals surface area contributed by atoms with E-state index in [1.54, 1.807) is 6.20 Å². The molecule has 0 bridgehead atoms. The Bertz CT molecular complexity index is 169. The van der Waals surface area contributed by atoms with Crippen LogP contribution in [-0.2, 0) is 6.42 Å². The Balaban J connectivity index is 2.40. The van der Waals surface area contributed by atoms with Gasteiger partial charge in [0.2, 0.25) is 0 Å². The van der Waals surface area contributed by atoms with Crippen molar-refractivity contribution in [3.8, 4) is 0 Å². The van der Waals surface area contributed by atoms with Crippen molar-refractivity contribution in [3.05, 3.63) is 18.0 Å². The van der Waals surface area contributed by atoms with Crippen molar-refractivity contribution < 1.29 is 4.52 Å². The summed E-state index contributed by atoms with van der Waals surface area (Å²) in [6.45, 7) is 4.39. The van der Waals surface area contributed by atoms with Gasteiger partial charge in [-0.05, 0) is 5.92 Å². The molecule has 2 heteroatoms. The number of aromatic nitrogens is 1. The molecule has 0 saturated heterocycles. The van der Waals surface area contributed by atoms with Crippen LogP contribution in [-0.4, -0.2) is 5.16 Å². The van der Waals surface area contributed by atoms with E-state index in [0.717, 1.165) is 12.2 Å². The van der Waals surface area contributed by atoms with Gasteiger partial charge >= 0.3 is 0 Å².